The van der Waals surface area contributed by atoms with Crippen molar-refractivity contribution in [2.24, 2.45) is 0 Å². The Balaban J connectivity index is 4.56. The monoisotopic (exact) mass is 253 g/mol. The van der Waals surface area contributed by atoms with Gasteiger partial charge in [0, 0.05) is 14.6 Å². The van der Waals surface area contributed by atoms with Gasteiger partial charge in [0.05, 0.1) is 0 Å². The summed E-state index contributed by atoms with van der Waals surface area (Å²) in [5.74, 6) is 0. The summed E-state index contributed by atoms with van der Waals surface area (Å²) in [5.41, 5.74) is 0. The Morgan fingerprint density at radius 2 is 1.20 bits per heavy atom. The number of hydrogen-bond acceptors (Lipinski definition) is 1. The van der Waals surface area contributed by atoms with Gasteiger partial charge in [0.25, 0.3) is 0 Å². The van der Waals surface area contributed by atoms with Crippen molar-refractivity contribution in [3.8, 4) is 0 Å². The van der Waals surface area contributed by atoms with E-state index in [0.29, 0.717) is 0 Å². The Morgan fingerprint density at radius 3 is 1.40 bits per heavy atom. The smallest absolute Gasteiger partial charge is 0.155 e. The van der Waals surface area contributed by atoms with E-state index in [-0.39, 0.29) is 6.04 Å². The third-order valence-corrected chi connectivity index (χ3v) is 3.42. The fourth-order valence-electron chi connectivity index (χ4n) is 0.845. The molecule has 8 heteroatoms. The van der Waals surface area contributed by atoms with Crippen LogP contribution < -0.4 is 0 Å². The molecule has 0 aromatic carbocycles. The SMILES string of the molecule is C[Si](C)(C)CCN(C(F)(F)F)C(F)(F)F. The average molecular weight is 253 g/mol. The molecule has 0 heterocycles. The van der Waals surface area contributed by atoms with Gasteiger partial charge in [0.2, 0.25) is 0 Å². The van der Waals surface area contributed by atoms with Crippen LogP contribution in [-0.2, 0) is 0 Å². The molecule has 0 atom stereocenters. The van der Waals surface area contributed by atoms with Crippen LogP contribution >= 0.6 is 0 Å². The zero-order chi connectivity index (χ0) is 12.5. The van der Waals surface area contributed by atoms with Gasteiger partial charge in [-0.15, -0.1) is 4.90 Å². The summed E-state index contributed by atoms with van der Waals surface area (Å²) < 4.78 is 72.1. The van der Waals surface area contributed by atoms with E-state index in [4.69, 9.17) is 0 Å². The van der Waals surface area contributed by atoms with Gasteiger partial charge in [-0.2, -0.15) is 26.3 Å². The molecular formula is C7H13F6NSi. The highest BCUT2D eigenvalue weighted by atomic mass is 28.3. The molecule has 0 saturated carbocycles. The second-order valence-electron chi connectivity index (χ2n) is 4.40. The summed E-state index contributed by atoms with van der Waals surface area (Å²) in [6.07, 6.45) is -10.7. The van der Waals surface area contributed by atoms with E-state index in [9.17, 15) is 26.3 Å². The van der Waals surface area contributed by atoms with E-state index >= 15 is 0 Å². The normalized spacial score (nSPS) is 14.8. The van der Waals surface area contributed by atoms with Crippen LogP contribution in [0.3, 0.4) is 0 Å². The first-order chi connectivity index (χ1) is 6.34. The molecule has 0 amide bonds. The second-order valence-corrected chi connectivity index (χ2v) is 10.0. The summed E-state index contributed by atoms with van der Waals surface area (Å²) in [5, 5.41) is 0. The maximum Gasteiger partial charge on any atom is 0.466 e. The van der Waals surface area contributed by atoms with Crippen molar-refractivity contribution in [3.63, 3.8) is 0 Å². The van der Waals surface area contributed by atoms with E-state index in [0.717, 1.165) is 0 Å². The number of alkyl halides is 6. The maximum absolute atomic E-state index is 12.0. The molecule has 0 unspecified atom stereocenters. The summed E-state index contributed by atoms with van der Waals surface area (Å²) in [7, 11) is -1.92. The third kappa shape index (κ3) is 6.03. The molecule has 0 saturated heterocycles. The van der Waals surface area contributed by atoms with Gasteiger partial charge >= 0.3 is 12.6 Å². The van der Waals surface area contributed by atoms with E-state index in [1.54, 1.807) is 19.6 Å². The highest BCUT2D eigenvalue weighted by molar-refractivity contribution is 6.76. The lowest BCUT2D eigenvalue weighted by Gasteiger charge is -2.28. The van der Waals surface area contributed by atoms with Gasteiger partial charge < -0.3 is 0 Å². The van der Waals surface area contributed by atoms with Crippen LogP contribution in [-0.4, -0.2) is 32.1 Å². The highest BCUT2D eigenvalue weighted by Crippen LogP contribution is 2.34. The molecule has 0 fully saturated rings. The molecule has 0 aromatic heterocycles. The first-order valence-corrected chi connectivity index (χ1v) is 7.96. The van der Waals surface area contributed by atoms with Crippen LogP contribution in [0.25, 0.3) is 0 Å². The van der Waals surface area contributed by atoms with Crippen molar-refractivity contribution < 1.29 is 26.3 Å². The Kier molecular flexibility index (Phi) is 4.25. The van der Waals surface area contributed by atoms with E-state index in [2.05, 4.69) is 0 Å². The van der Waals surface area contributed by atoms with Gasteiger partial charge in [-0.25, -0.2) is 0 Å². The van der Waals surface area contributed by atoms with Crippen LogP contribution in [0.1, 0.15) is 0 Å². The molecule has 0 aliphatic heterocycles. The first-order valence-electron chi connectivity index (χ1n) is 4.25. The van der Waals surface area contributed by atoms with E-state index < -0.39 is 32.1 Å². The molecule has 0 bridgehead atoms. The standard InChI is InChI=1S/C7H13F6NSi/c1-15(2,3)5-4-14(6(8,9)10)7(11,12)13/h4-5H2,1-3H3. The fraction of sp³-hybridized carbons (Fsp3) is 1.00. The van der Waals surface area contributed by atoms with Gasteiger partial charge in [-0.1, -0.05) is 19.6 Å². The third-order valence-electron chi connectivity index (χ3n) is 1.70. The second kappa shape index (κ2) is 4.32. The molecule has 0 radical (unpaired) electrons. The largest absolute Gasteiger partial charge is 0.466 e. The van der Waals surface area contributed by atoms with Crippen LogP contribution in [0.5, 0.6) is 0 Å². The van der Waals surface area contributed by atoms with Crippen molar-refractivity contribution in [2.45, 2.75) is 38.3 Å². The van der Waals surface area contributed by atoms with Crippen LogP contribution in [0.4, 0.5) is 26.3 Å². The minimum absolute atomic E-state index is 0.0496. The predicted molar refractivity (Wildman–Crippen MR) is 47.0 cm³/mol. The van der Waals surface area contributed by atoms with Gasteiger partial charge in [0.1, 0.15) is 0 Å². The molecule has 0 N–H and O–H groups in total. The zero-order valence-electron chi connectivity index (χ0n) is 8.63. The van der Waals surface area contributed by atoms with E-state index in [1.807, 2.05) is 0 Å². The van der Waals surface area contributed by atoms with Gasteiger partial charge in [-0.05, 0) is 6.04 Å². The zero-order valence-corrected chi connectivity index (χ0v) is 9.63. The van der Waals surface area contributed by atoms with Gasteiger partial charge in [0.15, 0.2) is 0 Å². The molecular weight excluding hydrogens is 240 g/mol. The average Bonchev–Trinajstić information content (AvgIpc) is 1.75. The fourth-order valence-corrected chi connectivity index (χ4v) is 1.74. The molecule has 0 aliphatic carbocycles. The quantitative estimate of drug-likeness (QED) is 0.421. The molecule has 92 valence electrons. The van der Waals surface area contributed by atoms with Crippen molar-refractivity contribution >= 4 is 8.07 Å². The Bertz CT molecular complexity index is 189. The minimum Gasteiger partial charge on any atom is -0.155 e. The lowest BCUT2D eigenvalue weighted by atomic mass is 10.6. The predicted octanol–water partition coefficient (Wildman–Crippen LogP) is 3.67. The Morgan fingerprint density at radius 1 is 0.867 bits per heavy atom. The number of rotatable bonds is 3. The maximum atomic E-state index is 12.0. The lowest BCUT2D eigenvalue weighted by molar-refractivity contribution is -0.371. The van der Waals surface area contributed by atoms with Crippen molar-refractivity contribution in [1.82, 2.24) is 4.90 Å². The van der Waals surface area contributed by atoms with Crippen LogP contribution in [0.15, 0.2) is 0 Å². The summed E-state index contributed by atoms with van der Waals surface area (Å²) in [6, 6.07) is -0.0496. The Labute approximate surface area is 85.1 Å². The first kappa shape index (κ1) is 14.8. The Hall–Kier alpha value is -0.243. The van der Waals surface area contributed by atoms with Crippen molar-refractivity contribution in [2.75, 3.05) is 6.54 Å². The van der Waals surface area contributed by atoms with Gasteiger partial charge in [-0.3, -0.25) is 0 Å². The molecule has 1 nitrogen and oxygen atoms in total. The number of hydrogen-bond donors (Lipinski definition) is 0. The minimum atomic E-state index is -5.35. The number of halogens is 6. The summed E-state index contributed by atoms with van der Waals surface area (Å²) in [6.45, 7) is 4.15. The van der Waals surface area contributed by atoms with Crippen LogP contribution in [0, 0.1) is 0 Å². The molecule has 0 rings (SSSR count). The van der Waals surface area contributed by atoms with E-state index in [1.165, 1.54) is 0 Å². The summed E-state index contributed by atoms with van der Waals surface area (Å²) in [4.78, 5) is -1.36. The topological polar surface area (TPSA) is 3.24 Å². The van der Waals surface area contributed by atoms with Crippen LogP contribution in [0.2, 0.25) is 25.7 Å². The van der Waals surface area contributed by atoms with Crippen molar-refractivity contribution in [1.29, 1.82) is 0 Å². The molecule has 15 heavy (non-hydrogen) atoms. The highest BCUT2D eigenvalue weighted by Gasteiger charge is 2.53. The van der Waals surface area contributed by atoms with Crippen molar-refractivity contribution in [3.05, 3.63) is 0 Å². The lowest BCUT2D eigenvalue weighted by Crippen LogP contribution is -2.49. The molecule has 0 aliphatic rings. The molecule has 0 spiro atoms. The molecule has 0 aromatic rings. The number of nitrogens with zero attached hydrogens (tertiary/aromatic N) is 1. The summed E-state index contributed by atoms with van der Waals surface area (Å²) >= 11 is 0.